The molecule has 100 valence electrons. The molecule has 1 saturated carbocycles. The van der Waals surface area contributed by atoms with Crippen LogP contribution in [0, 0.1) is 11.3 Å². The first kappa shape index (κ1) is 14.2. The maximum absolute atomic E-state index is 10.9. The molecule has 0 spiro atoms. The molecular weight excluding hydrogens is 267 g/mol. The topological polar surface area (TPSA) is 20.2 Å². The van der Waals surface area contributed by atoms with Gasteiger partial charge in [-0.1, -0.05) is 50.0 Å². The van der Waals surface area contributed by atoms with Crippen LogP contribution in [0.2, 0.25) is 10.0 Å². The summed E-state index contributed by atoms with van der Waals surface area (Å²) >= 11 is 12.4. The van der Waals surface area contributed by atoms with E-state index in [2.05, 4.69) is 20.8 Å². The zero-order valence-corrected chi connectivity index (χ0v) is 12.6. The summed E-state index contributed by atoms with van der Waals surface area (Å²) in [6, 6.07) is 5.49. The molecule has 1 N–H and O–H groups in total. The Hall–Kier alpha value is -0.240. The molecule has 2 rings (SSSR count). The molecule has 1 aliphatic carbocycles. The van der Waals surface area contributed by atoms with Crippen molar-refractivity contribution in [3.05, 3.63) is 33.8 Å². The lowest BCUT2D eigenvalue weighted by molar-refractivity contribution is 0.00448. The highest BCUT2D eigenvalue weighted by Crippen LogP contribution is 2.49. The SMILES string of the molecule is CC1CC(C)(C)CC1(O)Cc1c(Cl)cccc1Cl. The average molecular weight is 287 g/mol. The molecule has 1 aromatic carbocycles. The van der Waals surface area contributed by atoms with Crippen LogP contribution < -0.4 is 0 Å². The van der Waals surface area contributed by atoms with E-state index in [1.54, 1.807) is 0 Å². The molecule has 0 aliphatic heterocycles. The van der Waals surface area contributed by atoms with Gasteiger partial charge in [-0.25, -0.2) is 0 Å². The number of rotatable bonds is 2. The van der Waals surface area contributed by atoms with Crippen molar-refractivity contribution >= 4 is 23.2 Å². The molecule has 0 heterocycles. The summed E-state index contributed by atoms with van der Waals surface area (Å²) in [7, 11) is 0. The van der Waals surface area contributed by atoms with Crippen molar-refractivity contribution < 1.29 is 5.11 Å². The Bertz CT molecular complexity index is 436. The van der Waals surface area contributed by atoms with Crippen molar-refractivity contribution in [1.82, 2.24) is 0 Å². The normalized spacial score (nSPS) is 30.7. The number of hydrogen-bond donors (Lipinski definition) is 1. The number of aliphatic hydroxyl groups is 1. The minimum atomic E-state index is -0.696. The molecule has 1 aromatic rings. The van der Waals surface area contributed by atoms with E-state index >= 15 is 0 Å². The van der Waals surface area contributed by atoms with Gasteiger partial charge in [-0.2, -0.15) is 0 Å². The second kappa shape index (κ2) is 4.70. The second-order valence-corrected chi connectivity index (χ2v) is 7.24. The van der Waals surface area contributed by atoms with E-state index in [0.29, 0.717) is 16.5 Å². The van der Waals surface area contributed by atoms with Crippen molar-refractivity contribution in [3.63, 3.8) is 0 Å². The van der Waals surface area contributed by atoms with E-state index in [1.807, 2.05) is 18.2 Å². The molecule has 2 atom stereocenters. The third kappa shape index (κ3) is 2.68. The lowest BCUT2D eigenvalue weighted by Crippen LogP contribution is -2.35. The fraction of sp³-hybridized carbons (Fsp3) is 0.600. The molecule has 0 saturated heterocycles. The van der Waals surface area contributed by atoms with E-state index in [9.17, 15) is 5.11 Å². The zero-order chi connectivity index (χ0) is 13.6. The minimum Gasteiger partial charge on any atom is -0.389 e. The number of benzene rings is 1. The van der Waals surface area contributed by atoms with Crippen molar-refractivity contribution in [3.8, 4) is 0 Å². The lowest BCUT2D eigenvalue weighted by atomic mass is 9.84. The Balaban J connectivity index is 2.29. The summed E-state index contributed by atoms with van der Waals surface area (Å²) in [5.41, 5.74) is 0.355. The van der Waals surface area contributed by atoms with Gasteiger partial charge < -0.3 is 5.11 Å². The van der Waals surface area contributed by atoms with Crippen molar-refractivity contribution in [2.75, 3.05) is 0 Å². The Morgan fingerprint density at radius 2 is 1.83 bits per heavy atom. The maximum atomic E-state index is 10.9. The van der Waals surface area contributed by atoms with Gasteiger partial charge in [0, 0.05) is 16.5 Å². The molecule has 1 fully saturated rings. The Morgan fingerprint density at radius 3 is 2.28 bits per heavy atom. The van der Waals surface area contributed by atoms with E-state index in [1.165, 1.54) is 0 Å². The fourth-order valence-electron chi connectivity index (χ4n) is 3.34. The van der Waals surface area contributed by atoms with Crippen LogP contribution in [0.15, 0.2) is 18.2 Å². The van der Waals surface area contributed by atoms with Crippen molar-refractivity contribution in [2.24, 2.45) is 11.3 Å². The summed E-state index contributed by atoms with van der Waals surface area (Å²) < 4.78 is 0. The van der Waals surface area contributed by atoms with Gasteiger partial charge in [-0.05, 0) is 41.9 Å². The predicted molar refractivity (Wildman–Crippen MR) is 77.3 cm³/mol. The van der Waals surface area contributed by atoms with Gasteiger partial charge in [0.1, 0.15) is 0 Å². The first-order valence-electron chi connectivity index (χ1n) is 6.39. The second-order valence-electron chi connectivity index (χ2n) is 6.43. The van der Waals surface area contributed by atoms with Gasteiger partial charge in [-0.15, -0.1) is 0 Å². The first-order chi connectivity index (χ1) is 8.23. The molecule has 18 heavy (non-hydrogen) atoms. The molecule has 0 amide bonds. The Labute approximate surface area is 119 Å². The largest absolute Gasteiger partial charge is 0.389 e. The van der Waals surface area contributed by atoms with E-state index in [4.69, 9.17) is 23.2 Å². The van der Waals surface area contributed by atoms with Crippen LogP contribution in [0.4, 0.5) is 0 Å². The van der Waals surface area contributed by atoms with Crippen LogP contribution in [0.3, 0.4) is 0 Å². The highest BCUT2D eigenvalue weighted by atomic mass is 35.5. The third-order valence-corrected chi connectivity index (χ3v) is 4.81. The van der Waals surface area contributed by atoms with E-state index in [-0.39, 0.29) is 11.3 Å². The van der Waals surface area contributed by atoms with Crippen LogP contribution in [0.5, 0.6) is 0 Å². The molecule has 3 heteroatoms. The first-order valence-corrected chi connectivity index (χ1v) is 7.14. The van der Waals surface area contributed by atoms with Gasteiger partial charge in [0.25, 0.3) is 0 Å². The summed E-state index contributed by atoms with van der Waals surface area (Å²) in [5.74, 6) is 0.264. The van der Waals surface area contributed by atoms with Crippen LogP contribution >= 0.6 is 23.2 Å². The average Bonchev–Trinajstić information content (AvgIpc) is 2.42. The highest BCUT2D eigenvalue weighted by molar-refractivity contribution is 6.36. The van der Waals surface area contributed by atoms with Gasteiger partial charge in [0.05, 0.1) is 5.60 Å². The van der Waals surface area contributed by atoms with Gasteiger partial charge in [-0.3, -0.25) is 0 Å². The van der Waals surface area contributed by atoms with Gasteiger partial charge in [0.15, 0.2) is 0 Å². The molecular formula is C15H20Cl2O. The number of hydrogen-bond acceptors (Lipinski definition) is 1. The molecule has 0 bridgehead atoms. The summed E-state index contributed by atoms with van der Waals surface area (Å²) in [6.45, 7) is 6.52. The molecule has 1 nitrogen and oxygen atoms in total. The highest BCUT2D eigenvalue weighted by Gasteiger charge is 2.47. The molecule has 0 aromatic heterocycles. The lowest BCUT2D eigenvalue weighted by Gasteiger charge is -2.29. The fourth-order valence-corrected chi connectivity index (χ4v) is 3.87. The van der Waals surface area contributed by atoms with Crippen molar-refractivity contribution in [1.29, 1.82) is 0 Å². The number of halogens is 2. The smallest absolute Gasteiger partial charge is 0.0719 e. The standard InChI is InChI=1S/C15H20Cl2O/c1-10-7-14(2,3)9-15(10,18)8-11-12(16)5-4-6-13(11)17/h4-6,10,18H,7-9H2,1-3H3. The Kier molecular flexibility index (Phi) is 3.70. The molecule has 1 aliphatic rings. The van der Waals surface area contributed by atoms with Crippen LogP contribution in [0.25, 0.3) is 0 Å². The summed E-state index contributed by atoms with van der Waals surface area (Å²) in [6.07, 6.45) is 2.37. The monoisotopic (exact) mass is 286 g/mol. The van der Waals surface area contributed by atoms with Crippen molar-refractivity contribution in [2.45, 2.75) is 45.6 Å². The summed E-state index contributed by atoms with van der Waals surface area (Å²) in [5, 5.41) is 12.2. The molecule has 0 radical (unpaired) electrons. The zero-order valence-electron chi connectivity index (χ0n) is 11.1. The van der Waals surface area contributed by atoms with Gasteiger partial charge >= 0.3 is 0 Å². The van der Waals surface area contributed by atoms with Crippen LogP contribution in [-0.2, 0) is 6.42 Å². The van der Waals surface area contributed by atoms with Crippen LogP contribution in [-0.4, -0.2) is 10.7 Å². The summed E-state index contributed by atoms with van der Waals surface area (Å²) in [4.78, 5) is 0. The third-order valence-electron chi connectivity index (χ3n) is 4.11. The van der Waals surface area contributed by atoms with E-state index in [0.717, 1.165) is 18.4 Å². The quantitative estimate of drug-likeness (QED) is 0.834. The predicted octanol–water partition coefficient (Wildman–Crippen LogP) is 4.72. The minimum absolute atomic E-state index is 0.182. The van der Waals surface area contributed by atoms with Gasteiger partial charge in [0.2, 0.25) is 0 Å². The Morgan fingerprint density at radius 1 is 1.28 bits per heavy atom. The van der Waals surface area contributed by atoms with E-state index < -0.39 is 5.60 Å². The maximum Gasteiger partial charge on any atom is 0.0719 e. The van der Waals surface area contributed by atoms with Crippen LogP contribution in [0.1, 0.15) is 39.2 Å². The molecule has 2 unspecified atom stereocenters.